The molecule has 1 atom stereocenters. The number of thiophene rings is 1. The number of carboxylic acid groups (broad SMARTS) is 1. The highest BCUT2D eigenvalue weighted by Crippen LogP contribution is 2.37. The van der Waals surface area contributed by atoms with Crippen molar-refractivity contribution in [3.63, 3.8) is 0 Å². The van der Waals surface area contributed by atoms with E-state index in [1.54, 1.807) is 22.9 Å². The minimum atomic E-state index is -4.84. The van der Waals surface area contributed by atoms with Gasteiger partial charge in [-0.2, -0.15) is 24.5 Å². The van der Waals surface area contributed by atoms with Gasteiger partial charge < -0.3 is 5.11 Å². The van der Waals surface area contributed by atoms with Crippen LogP contribution in [0.4, 0.5) is 13.2 Å². The van der Waals surface area contributed by atoms with E-state index in [-0.39, 0.29) is 6.42 Å². The molecule has 5 nitrogen and oxygen atoms in total. The van der Waals surface area contributed by atoms with Crippen LogP contribution in [0.5, 0.6) is 0 Å². The van der Waals surface area contributed by atoms with Gasteiger partial charge in [-0.05, 0) is 76.0 Å². The van der Waals surface area contributed by atoms with Gasteiger partial charge >= 0.3 is 12.1 Å². The summed E-state index contributed by atoms with van der Waals surface area (Å²) in [5, 5.41) is 12.3. The van der Waals surface area contributed by atoms with E-state index in [1.165, 1.54) is 17.4 Å². The molecule has 2 N–H and O–H groups in total. The van der Waals surface area contributed by atoms with Gasteiger partial charge in [-0.25, -0.2) is 13.1 Å². The third-order valence-corrected chi connectivity index (χ3v) is 7.84. The minimum Gasteiger partial charge on any atom is -0.481 e. The van der Waals surface area contributed by atoms with Crippen LogP contribution in [0.2, 0.25) is 0 Å². The molecule has 0 fully saturated rings. The van der Waals surface area contributed by atoms with Gasteiger partial charge in [-0.15, -0.1) is 0 Å². The molecule has 1 aliphatic rings. The van der Waals surface area contributed by atoms with Gasteiger partial charge in [0, 0.05) is 12.5 Å². The van der Waals surface area contributed by atoms with E-state index in [4.69, 9.17) is 5.11 Å². The quantitative estimate of drug-likeness (QED) is 0.489. The van der Waals surface area contributed by atoms with Gasteiger partial charge in [0.15, 0.2) is 0 Å². The molecule has 1 aromatic heterocycles. The molecule has 4 rings (SSSR count). The first-order valence-corrected chi connectivity index (χ1v) is 12.5. The lowest BCUT2D eigenvalue weighted by molar-refractivity contribution is -0.140. The fourth-order valence-electron chi connectivity index (χ4n) is 4.04. The number of carboxylic acids is 1. The van der Waals surface area contributed by atoms with Gasteiger partial charge in [0.2, 0.25) is 10.0 Å². The van der Waals surface area contributed by atoms with E-state index >= 15 is 0 Å². The number of aliphatic carboxylic acids is 1. The van der Waals surface area contributed by atoms with E-state index in [9.17, 15) is 26.4 Å². The summed E-state index contributed by atoms with van der Waals surface area (Å²) in [5.41, 5.74) is 2.27. The molecule has 10 heteroatoms. The van der Waals surface area contributed by atoms with Crippen molar-refractivity contribution < 1.29 is 31.5 Å². The molecule has 0 saturated carbocycles. The van der Waals surface area contributed by atoms with Gasteiger partial charge in [0.1, 0.15) is 0 Å². The number of halogens is 3. The predicted octanol–water partition coefficient (Wildman–Crippen LogP) is 4.90. The Morgan fingerprint density at radius 1 is 1.06 bits per heavy atom. The Labute approximate surface area is 192 Å². The summed E-state index contributed by atoms with van der Waals surface area (Å²) in [6.45, 7) is 0. The summed E-state index contributed by atoms with van der Waals surface area (Å²) in [7, 11) is -4.44. The number of carbonyl (C=O) groups is 1. The largest absolute Gasteiger partial charge is 0.481 e. The second kappa shape index (κ2) is 8.92. The van der Waals surface area contributed by atoms with Crippen LogP contribution < -0.4 is 4.72 Å². The Morgan fingerprint density at radius 2 is 1.82 bits per heavy atom. The van der Waals surface area contributed by atoms with Crippen molar-refractivity contribution in [2.24, 2.45) is 0 Å². The molecular formula is C23H20F3NO4S2. The van der Waals surface area contributed by atoms with Crippen molar-refractivity contribution in [1.82, 2.24) is 4.72 Å². The third-order valence-electron chi connectivity index (χ3n) is 5.58. The van der Waals surface area contributed by atoms with Crippen molar-refractivity contribution in [2.45, 2.75) is 42.8 Å². The summed E-state index contributed by atoms with van der Waals surface area (Å²) in [4.78, 5) is 9.98. The summed E-state index contributed by atoms with van der Waals surface area (Å²) < 4.78 is 69.7. The Kier molecular flexibility index (Phi) is 6.35. The van der Waals surface area contributed by atoms with Crippen molar-refractivity contribution in [3.8, 4) is 11.1 Å². The first-order valence-electron chi connectivity index (χ1n) is 10.1. The number of alkyl halides is 3. The van der Waals surface area contributed by atoms with Gasteiger partial charge in [0.05, 0.1) is 10.5 Å². The lowest BCUT2D eigenvalue weighted by Gasteiger charge is -2.18. The molecule has 0 saturated heterocycles. The molecule has 33 heavy (non-hydrogen) atoms. The maximum absolute atomic E-state index is 13.8. The molecule has 1 aliphatic carbocycles. The van der Waals surface area contributed by atoms with Crippen LogP contribution in [-0.2, 0) is 40.3 Å². The average molecular weight is 496 g/mol. The van der Waals surface area contributed by atoms with Gasteiger partial charge in [-0.3, -0.25) is 4.79 Å². The molecular weight excluding hydrogens is 475 g/mol. The molecule has 1 heterocycles. The zero-order valence-corrected chi connectivity index (χ0v) is 18.9. The highest BCUT2D eigenvalue weighted by Gasteiger charge is 2.38. The molecule has 0 amide bonds. The maximum atomic E-state index is 13.8. The standard InChI is InChI=1S/C23H20F3NO4S2/c24-23(25,26)20-12-16(17-7-8-32-13-17)4-5-21(20)33(30,31)27-19-10-15-3-1-14(2-6-22(28)29)9-18(15)11-19/h1,3-5,7-9,12-13,19,27H,2,6,10-11H2,(H,28,29). The summed E-state index contributed by atoms with van der Waals surface area (Å²) in [6, 6.07) is 9.79. The number of benzene rings is 2. The summed E-state index contributed by atoms with van der Waals surface area (Å²) >= 11 is 1.34. The van der Waals surface area contributed by atoms with E-state index in [1.807, 2.05) is 12.1 Å². The maximum Gasteiger partial charge on any atom is 0.417 e. The molecule has 0 radical (unpaired) electrons. The van der Waals surface area contributed by atoms with Crippen molar-refractivity contribution >= 4 is 27.3 Å². The molecule has 174 valence electrons. The lowest BCUT2D eigenvalue weighted by atomic mass is 10.0. The Hall–Kier alpha value is -2.69. The van der Waals surface area contributed by atoms with Crippen molar-refractivity contribution in [2.75, 3.05) is 0 Å². The second-order valence-electron chi connectivity index (χ2n) is 7.94. The molecule has 1 unspecified atom stereocenters. The number of hydrogen-bond acceptors (Lipinski definition) is 4. The van der Waals surface area contributed by atoms with E-state index in [2.05, 4.69) is 4.72 Å². The van der Waals surface area contributed by atoms with E-state index in [0.29, 0.717) is 30.4 Å². The highest BCUT2D eigenvalue weighted by atomic mass is 32.2. The molecule has 0 aliphatic heterocycles. The van der Waals surface area contributed by atoms with Crippen LogP contribution in [0, 0.1) is 0 Å². The molecule has 0 bridgehead atoms. The average Bonchev–Trinajstić information content (AvgIpc) is 3.40. The van der Waals surface area contributed by atoms with Crippen LogP contribution in [0.3, 0.4) is 0 Å². The normalized spacial score (nSPS) is 16.0. The number of sulfonamides is 1. The Morgan fingerprint density at radius 3 is 2.48 bits per heavy atom. The van der Waals surface area contributed by atoms with Crippen molar-refractivity contribution in [1.29, 1.82) is 0 Å². The Bertz CT molecular complexity index is 1290. The van der Waals surface area contributed by atoms with E-state index < -0.39 is 38.7 Å². The summed E-state index contributed by atoms with van der Waals surface area (Å²) in [6.07, 6.45) is -3.83. The molecule has 3 aromatic rings. The van der Waals surface area contributed by atoms with Crippen LogP contribution in [-0.4, -0.2) is 25.5 Å². The fraction of sp³-hybridized carbons (Fsp3) is 0.261. The van der Waals surface area contributed by atoms with E-state index in [0.717, 1.165) is 28.8 Å². The predicted molar refractivity (Wildman–Crippen MR) is 119 cm³/mol. The van der Waals surface area contributed by atoms with Crippen LogP contribution in [0.25, 0.3) is 11.1 Å². The summed E-state index contributed by atoms with van der Waals surface area (Å²) in [5.74, 6) is -0.911. The monoisotopic (exact) mass is 495 g/mol. The highest BCUT2D eigenvalue weighted by molar-refractivity contribution is 7.89. The van der Waals surface area contributed by atoms with Gasteiger partial charge in [0.25, 0.3) is 0 Å². The smallest absolute Gasteiger partial charge is 0.417 e. The van der Waals surface area contributed by atoms with Crippen LogP contribution in [0.15, 0.2) is 58.1 Å². The fourth-order valence-corrected chi connectivity index (χ4v) is 6.15. The number of fused-ring (bicyclic) bond motifs is 1. The molecule has 2 aromatic carbocycles. The molecule has 0 spiro atoms. The lowest BCUT2D eigenvalue weighted by Crippen LogP contribution is -2.36. The Balaban J connectivity index is 1.57. The first kappa shape index (κ1) is 23.5. The van der Waals surface area contributed by atoms with Gasteiger partial charge in [-0.1, -0.05) is 24.3 Å². The third kappa shape index (κ3) is 5.29. The second-order valence-corrected chi connectivity index (χ2v) is 10.4. The topological polar surface area (TPSA) is 83.5 Å². The zero-order chi connectivity index (χ0) is 23.8. The first-order chi connectivity index (χ1) is 15.5. The van der Waals surface area contributed by atoms with Crippen molar-refractivity contribution in [3.05, 3.63) is 75.5 Å². The SMILES string of the molecule is O=C(O)CCc1ccc2c(c1)CC(NS(=O)(=O)c1ccc(-c3ccsc3)cc1C(F)(F)F)C2. The van der Waals surface area contributed by atoms with Crippen LogP contribution in [0.1, 0.15) is 28.7 Å². The number of rotatable bonds is 7. The number of hydrogen-bond donors (Lipinski definition) is 2. The number of nitrogens with one attached hydrogen (secondary N) is 1. The van der Waals surface area contributed by atoms with Crippen LogP contribution >= 0.6 is 11.3 Å². The zero-order valence-electron chi connectivity index (χ0n) is 17.2. The minimum absolute atomic E-state index is 0.0174. The number of aryl methyl sites for hydroxylation is 1.